The SMILES string of the molecule is C[N+]1(CCOCCOCC[NH3+])CC23c4c5c6c7c8c9c%10c%11c%12c%13c%14c%15c(c6c6c4c4c%16c%17c%18c(c%19c%20c2c5c8c2c%20c5c%19c8c%18c%18c%19c%17c%17c4c6c%15c4c%14c6c%12c%12c%14c%11c(c92)c5c%14c8c%18c%12c6c%19c4%17)C%163C1)C71C[N+](C)(CCOCCOCC[NH3+])CC%10%131.[Cl-].[Cl-].[Cl-].[Cl-]. The van der Waals surface area contributed by atoms with Crippen LogP contribution in [-0.4, -0.2) is 128 Å². The van der Waals surface area contributed by atoms with Gasteiger partial charge in [-0.25, -0.2) is 0 Å². The van der Waals surface area contributed by atoms with Crippen LogP contribution in [0.4, 0.5) is 0 Å². The summed E-state index contributed by atoms with van der Waals surface area (Å²) in [7, 11) is 5.42. The predicted molar refractivity (Wildman–Crippen MR) is 347 cm³/mol. The predicted octanol–water partition coefficient (Wildman–Crippen LogP) is 0.345. The Balaban J connectivity index is 0.00000116. The molecule has 6 unspecified atom stereocenters. The molecule has 90 heavy (non-hydrogen) atoms. The maximum Gasteiger partial charge on any atom is 0.102 e. The van der Waals surface area contributed by atoms with Crippen LogP contribution in [0.2, 0.25) is 0 Å². The third-order valence-corrected chi connectivity index (χ3v) is 30.2. The minimum atomic E-state index is -0.239. The Labute approximate surface area is 529 Å². The minimum absolute atomic E-state index is 0. The maximum atomic E-state index is 6.76. The lowest BCUT2D eigenvalue weighted by Gasteiger charge is -2.47. The first kappa shape index (κ1) is 45.8. The van der Waals surface area contributed by atoms with Gasteiger partial charge in [0.1, 0.15) is 13.1 Å². The van der Waals surface area contributed by atoms with Crippen LogP contribution in [0.25, 0.3) is 259 Å². The van der Waals surface area contributed by atoms with Gasteiger partial charge in [-0.3, -0.25) is 0 Å². The normalized spacial score (nSPS) is 27.3. The number of nitrogens with zero attached hydrogens (tertiary/aromatic N) is 2. The minimum Gasteiger partial charge on any atom is -1.00 e. The number of benzene rings is 16. The number of hydrogen-bond donors (Lipinski definition) is 2. The second-order valence-corrected chi connectivity index (χ2v) is 32.1. The van der Waals surface area contributed by atoms with Crippen LogP contribution in [-0.2, 0) is 40.6 Å². The molecular weight excluding hydrogens is 1200 g/mol. The van der Waals surface area contributed by atoms with Crippen LogP contribution in [0.3, 0.4) is 0 Å². The van der Waals surface area contributed by atoms with Crippen molar-refractivity contribution in [3.63, 3.8) is 0 Å². The summed E-state index contributed by atoms with van der Waals surface area (Å²) in [5.74, 6) is 0. The van der Waals surface area contributed by atoms with Crippen molar-refractivity contribution in [2.24, 2.45) is 0 Å². The number of hydrogen-bond acceptors (Lipinski definition) is 4. The zero-order chi connectivity index (χ0) is 53.5. The van der Waals surface area contributed by atoms with Crippen molar-refractivity contribution in [1.82, 2.24) is 0 Å². The Kier molecular flexibility index (Phi) is 5.90. The summed E-state index contributed by atoms with van der Waals surface area (Å²) < 4.78 is 27.5. The Morgan fingerprint density at radius 3 is 0.522 bits per heavy atom. The first-order valence-electron chi connectivity index (χ1n) is 33.0. The number of likely N-dealkylation sites (N-methyl/N-ethyl adjacent to an activating group) is 2. The van der Waals surface area contributed by atoms with E-state index in [0.717, 1.165) is 74.5 Å². The van der Waals surface area contributed by atoms with Crippen molar-refractivity contribution in [3.05, 3.63) is 44.5 Å². The van der Waals surface area contributed by atoms with E-state index in [1.807, 2.05) is 0 Å². The fraction of sp³-hybridized carbons (Fsp3) is 0.282. The molecule has 12 heteroatoms. The van der Waals surface area contributed by atoms with Crippen molar-refractivity contribution in [3.8, 4) is 0 Å². The monoisotopic (exact) mass is 1240 g/mol. The second kappa shape index (κ2) is 11.6. The Hall–Kier alpha value is -6.44. The lowest BCUT2D eigenvalue weighted by atomic mass is 9.50. The van der Waals surface area contributed by atoms with Crippen LogP contribution in [0.15, 0.2) is 0 Å². The fourth-order valence-corrected chi connectivity index (χ4v) is 29.9. The van der Waals surface area contributed by atoms with Crippen LogP contribution in [0.5, 0.6) is 0 Å². The molecule has 8 nitrogen and oxygen atoms in total. The average Bonchev–Trinajstić information content (AvgIpc) is 1.38. The molecule has 6 N–H and O–H groups in total. The number of halogens is 4. The van der Waals surface area contributed by atoms with E-state index in [9.17, 15) is 0 Å². The highest BCUT2D eigenvalue weighted by atomic mass is 35.5. The summed E-state index contributed by atoms with van der Waals surface area (Å²) in [6.45, 7) is 13.5. The molecule has 24 aromatic carbocycles. The van der Waals surface area contributed by atoms with Crippen molar-refractivity contribution < 1.29 is 89.0 Å². The molecule has 4 spiro atoms. The van der Waals surface area contributed by atoms with Gasteiger partial charge in [0.25, 0.3) is 0 Å². The van der Waals surface area contributed by atoms with Gasteiger partial charge in [-0.05, 0) is 303 Å². The Morgan fingerprint density at radius 2 is 0.356 bits per heavy atom. The van der Waals surface area contributed by atoms with Gasteiger partial charge in [-0.1, -0.05) is 0 Å². The van der Waals surface area contributed by atoms with Crippen LogP contribution in [0, 0.1) is 0 Å². The highest BCUT2D eigenvalue weighted by Crippen LogP contribution is 2.88. The van der Waals surface area contributed by atoms with E-state index in [1.165, 1.54) is 0 Å². The maximum absolute atomic E-state index is 6.76. The third kappa shape index (κ3) is 2.95. The first-order valence-corrected chi connectivity index (χ1v) is 33.0. The summed E-state index contributed by atoms with van der Waals surface area (Å²) in [5, 5.41) is 81.4. The van der Waals surface area contributed by atoms with E-state index in [1.54, 1.807) is 303 Å². The third-order valence-electron chi connectivity index (χ3n) is 30.2. The van der Waals surface area contributed by atoms with Crippen LogP contribution in [0.1, 0.15) is 44.5 Å². The molecule has 0 radical (unpaired) electrons. The number of quaternary nitrogens is 4. The molecule has 24 aromatic rings. The fourth-order valence-electron chi connectivity index (χ4n) is 29.9. The van der Waals surface area contributed by atoms with E-state index in [2.05, 4.69) is 25.6 Å². The molecule has 2 heterocycles. The van der Waals surface area contributed by atoms with Crippen molar-refractivity contribution >= 4 is 259 Å². The molecule has 8 aliphatic carbocycles. The van der Waals surface area contributed by atoms with Crippen LogP contribution < -0.4 is 61.1 Å². The van der Waals surface area contributed by atoms with Gasteiger partial charge < -0.3 is 89.0 Å². The standard InChI is InChI=1S/C78H42N4O4.4ClH/c1-81(5-9-85-13-11-83-7-3-79)15-75-67-51-39-27-19-20-24-21-25-33-41(29(21)27)53(51)69(75)59-47(33)38-46-36(25)44-32(24)40-28(20)30-22-23(19)31(39)43-35-26(22)34-42(30)54-52(40)68-56(44)58(46)72-64-49(38)61(59)73-65-63-50-37(45(35)57(55(43)67)71(63)77(73,75)17-81)48(34)60-62(50)74(66(64)65)78(72)18-82(2,16-76(68,78)70(54)60)6-10-86-14-12-84-8-4-80;;;;/h3-18,79-80H2,1-2H3;4*1H/q+2;;;;/p-2. The van der Waals surface area contributed by atoms with Gasteiger partial charge in [0.2, 0.25) is 0 Å². The van der Waals surface area contributed by atoms with Gasteiger partial charge in [0, 0.05) is 0 Å². The molecular formula is C78H44Cl4N4O4. The van der Waals surface area contributed by atoms with E-state index in [4.69, 9.17) is 18.9 Å². The Morgan fingerprint density at radius 1 is 0.222 bits per heavy atom. The van der Waals surface area contributed by atoms with Gasteiger partial charge in [-0.15, -0.1) is 0 Å². The molecule has 0 saturated carbocycles. The first-order chi connectivity index (χ1) is 42.4. The van der Waals surface area contributed by atoms with Crippen molar-refractivity contribution in [2.75, 3.05) is 119 Å². The second-order valence-electron chi connectivity index (χ2n) is 32.1. The molecule has 34 rings (SSSR count). The van der Waals surface area contributed by atoms with E-state index in [-0.39, 0.29) is 71.3 Å². The van der Waals surface area contributed by atoms with E-state index < -0.39 is 0 Å². The Bertz CT molecular complexity index is 7220. The van der Waals surface area contributed by atoms with Crippen molar-refractivity contribution in [2.45, 2.75) is 21.7 Å². The zero-order valence-electron chi connectivity index (χ0n) is 48.8. The molecule has 428 valence electrons. The lowest BCUT2D eigenvalue weighted by molar-refractivity contribution is -0.900. The van der Waals surface area contributed by atoms with E-state index >= 15 is 0 Å². The van der Waals surface area contributed by atoms with Crippen molar-refractivity contribution in [1.29, 1.82) is 0 Å². The molecule has 0 bridgehead atoms. The summed E-state index contributed by atoms with van der Waals surface area (Å²) in [6, 6.07) is 0. The summed E-state index contributed by atoms with van der Waals surface area (Å²) >= 11 is 0. The smallest absolute Gasteiger partial charge is 0.102 e. The molecule has 0 aromatic heterocycles. The molecule has 6 atom stereocenters. The summed E-state index contributed by atoms with van der Waals surface area (Å²) in [6.07, 6.45) is 0. The largest absolute Gasteiger partial charge is 1.00 e. The average molecular weight is 1240 g/mol. The number of likely N-dealkylation sites (tertiary alicyclic amines) is 2. The molecule has 2 saturated heterocycles. The number of ether oxygens (including phenoxy) is 4. The van der Waals surface area contributed by atoms with Gasteiger partial charge in [0.05, 0.1) is 128 Å². The van der Waals surface area contributed by atoms with Crippen LogP contribution >= 0.6 is 0 Å². The quantitative estimate of drug-likeness (QED) is 0.0832. The molecule has 0 amide bonds. The summed E-state index contributed by atoms with van der Waals surface area (Å²) in [4.78, 5) is 0. The number of rotatable bonds is 16. The van der Waals surface area contributed by atoms with E-state index in [0.29, 0.717) is 39.6 Å². The molecule has 2 aliphatic heterocycles. The lowest BCUT2D eigenvalue weighted by Crippen LogP contribution is -3.00. The highest BCUT2D eigenvalue weighted by Gasteiger charge is 2.80. The zero-order valence-corrected chi connectivity index (χ0v) is 51.8. The molecule has 10 aliphatic rings. The van der Waals surface area contributed by atoms with Gasteiger partial charge in [-0.2, -0.15) is 0 Å². The highest BCUT2D eigenvalue weighted by molar-refractivity contribution is 6.78. The summed E-state index contributed by atoms with van der Waals surface area (Å²) in [5.41, 5.74) is 21.6. The topological polar surface area (TPSA) is 92.2 Å². The van der Waals surface area contributed by atoms with Gasteiger partial charge >= 0.3 is 0 Å². The molecule has 2 fully saturated rings. The van der Waals surface area contributed by atoms with Gasteiger partial charge in [0.15, 0.2) is 0 Å².